The molecule has 0 aromatic heterocycles. The normalized spacial score (nSPS) is 13.1. The van der Waals surface area contributed by atoms with E-state index >= 15 is 0 Å². The zero-order valence-corrected chi connectivity index (χ0v) is 22.0. The lowest BCUT2D eigenvalue weighted by atomic mass is 10.0. The Morgan fingerprint density at radius 2 is 1.76 bits per heavy atom. The molecule has 0 saturated carbocycles. The second-order valence-electron chi connectivity index (χ2n) is 8.94. The minimum Gasteiger partial charge on any atom is -0.390 e. The van der Waals surface area contributed by atoms with E-state index in [-0.39, 0.29) is 18.2 Å². The molecule has 1 rings (SSSR count). The molecule has 1 aromatic rings. The zero-order valence-electron chi connectivity index (χ0n) is 20.5. The molecule has 0 bridgehead atoms. The summed E-state index contributed by atoms with van der Waals surface area (Å²) in [6.45, 7) is 10.9. The molecule has 0 unspecified atom stereocenters. The van der Waals surface area contributed by atoms with Crippen LogP contribution in [0.5, 0.6) is 0 Å². The van der Waals surface area contributed by atoms with Crippen LogP contribution in [0.1, 0.15) is 65.4 Å². The van der Waals surface area contributed by atoms with Gasteiger partial charge in [0.15, 0.2) is 0 Å². The standard InChI is InChI=1S/C25H41Cl2N3O3/c1-5-12-30(6-2)25(33)9-7-8-24(32)29-22(23(31)17-28-11-10-18(3)4)15-19-13-20(26)16-21(27)14-19/h13-14,16,18,22-23,28,31H,5-12,15,17H2,1-4H3,(H,29,32)/t22-,23+/m0/s1. The van der Waals surface area contributed by atoms with Crippen molar-refractivity contribution in [2.45, 2.75) is 78.4 Å². The molecule has 0 saturated heterocycles. The molecule has 6 nitrogen and oxygen atoms in total. The van der Waals surface area contributed by atoms with Crippen LogP contribution in [-0.4, -0.2) is 60.1 Å². The molecular formula is C25H41Cl2N3O3. The van der Waals surface area contributed by atoms with Crippen LogP contribution in [0.4, 0.5) is 0 Å². The van der Waals surface area contributed by atoms with Gasteiger partial charge in [0.05, 0.1) is 12.1 Å². The highest BCUT2D eigenvalue weighted by Crippen LogP contribution is 2.20. The van der Waals surface area contributed by atoms with E-state index in [0.29, 0.717) is 48.3 Å². The van der Waals surface area contributed by atoms with Gasteiger partial charge in [-0.05, 0) is 68.8 Å². The lowest BCUT2D eigenvalue weighted by Crippen LogP contribution is -2.49. The van der Waals surface area contributed by atoms with Crippen molar-refractivity contribution in [3.8, 4) is 0 Å². The van der Waals surface area contributed by atoms with Crippen LogP contribution in [0.3, 0.4) is 0 Å². The van der Waals surface area contributed by atoms with E-state index in [4.69, 9.17) is 23.2 Å². The van der Waals surface area contributed by atoms with Gasteiger partial charge in [0.25, 0.3) is 0 Å². The molecule has 0 radical (unpaired) electrons. The van der Waals surface area contributed by atoms with Gasteiger partial charge in [-0.3, -0.25) is 9.59 Å². The summed E-state index contributed by atoms with van der Waals surface area (Å²) in [5.41, 5.74) is 0.840. The first kappa shape index (κ1) is 29.7. The molecule has 2 atom stereocenters. The summed E-state index contributed by atoms with van der Waals surface area (Å²) in [5, 5.41) is 18.0. The summed E-state index contributed by atoms with van der Waals surface area (Å²) < 4.78 is 0. The van der Waals surface area contributed by atoms with Gasteiger partial charge in [0, 0.05) is 42.5 Å². The number of amides is 2. The number of carbonyl (C=O) groups is 2. The van der Waals surface area contributed by atoms with Gasteiger partial charge in [0.1, 0.15) is 0 Å². The van der Waals surface area contributed by atoms with Crippen molar-refractivity contribution < 1.29 is 14.7 Å². The molecule has 8 heteroatoms. The van der Waals surface area contributed by atoms with Crippen molar-refractivity contribution in [3.63, 3.8) is 0 Å². The van der Waals surface area contributed by atoms with E-state index in [1.54, 1.807) is 18.2 Å². The predicted octanol–water partition coefficient (Wildman–Crippen LogP) is 4.45. The van der Waals surface area contributed by atoms with Crippen molar-refractivity contribution in [2.75, 3.05) is 26.2 Å². The highest BCUT2D eigenvalue weighted by atomic mass is 35.5. The molecule has 0 heterocycles. The van der Waals surface area contributed by atoms with Gasteiger partial charge in [-0.15, -0.1) is 0 Å². The Balaban J connectivity index is 2.69. The zero-order chi connectivity index (χ0) is 24.8. The Morgan fingerprint density at radius 3 is 2.33 bits per heavy atom. The molecule has 2 amide bonds. The number of nitrogens with one attached hydrogen (secondary N) is 2. The second-order valence-corrected chi connectivity index (χ2v) is 9.81. The van der Waals surface area contributed by atoms with Gasteiger partial charge in [-0.1, -0.05) is 44.0 Å². The van der Waals surface area contributed by atoms with Gasteiger partial charge < -0.3 is 20.6 Å². The van der Waals surface area contributed by atoms with E-state index in [9.17, 15) is 14.7 Å². The maximum atomic E-state index is 12.6. The van der Waals surface area contributed by atoms with E-state index in [2.05, 4.69) is 24.5 Å². The average Bonchev–Trinajstić information content (AvgIpc) is 2.73. The Morgan fingerprint density at radius 1 is 1.09 bits per heavy atom. The van der Waals surface area contributed by atoms with E-state index < -0.39 is 12.1 Å². The number of hydrogen-bond acceptors (Lipinski definition) is 4. The number of hydrogen-bond donors (Lipinski definition) is 3. The number of benzene rings is 1. The highest BCUT2D eigenvalue weighted by Gasteiger charge is 2.22. The smallest absolute Gasteiger partial charge is 0.222 e. The Labute approximate surface area is 209 Å². The number of aliphatic hydroxyl groups excluding tert-OH is 1. The lowest BCUT2D eigenvalue weighted by molar-refractivity contribution is -0.131. The third-order valence-electron chi connectivity index (χ3n) is 5.46. The molecule has 1 aromatic carbocycles. The molecule has 0 fully saturated rings. The number of nitrogens with zero attached hydrogens (tertiary/aromatic N) is 1. The second kappa shape index (κ2) is 16.3. The van der Waals surface area contributed by atoms with E-state index in [0.717, 1.165) is 31.5 Å². The summed E-state index contributed by atoms with van der Waals surface area (Å²) >= 11 is 12.3. The van der Waals surface area contributed by atoms with Gasteiger partial charge in [0.2, 0.25) is 11.8 Å². The first-order chi connectivity index (χ1) is 15.7. The molecule has 0 aliphatic rings. The first-order valence-electron chi connectivity index (χ1n) is 12.1. The number of aliphatic hydroxyl groups is 1. The van der Waals surface area contributed by atoms with Crippen LogP contribution in [0.25, 0.3) is 0 Å². The van der Waals surface area contributed by atoms with Crippen molar-refractivity contribution >= 4 is 35.0 Å². The summed E-state index contributed by atoms with van der Waals surface area (Å²) in [6, 6.07) is 4.73. The number of carbonyl (C=O) groups excluding carboxylic acids is 2. The summed E-state index contributed by atoms with van der Waals surface area (Å²) in [7, 11) is 0. The van der Waals surface area contributed by atoms with Crippen molar-refractivity contribution in [1.82, 2.24) is 15.5 Å². The fraction of sp³-hybridized carbons (Fsp3) is 0.680. The molecular weight excluding hydrogens is 461 g/mol. The summed E-state index contributed by atoms with van der Waals surface area (Å²) in [6.07, 6.45) is 2.60. The topological polar surface area (TPSA) is 81.7 Å². The van der Waals surface area contributed by atoms with Crippen LogP contribution < -0.4 is 10.6 Å². The third-order valence-corrected chi connectivity index (χ3v) is 5.90. The first-order valence-corrected chi connectivity index (χ1v) is 12.8. The van der Waals surface area contributed by atoms with E-state index in [1.165, 1.54) is 0 Å². The monoisotopic (exact) mass is 501 g/mol. The Kier molecular flexibility index (Phi) is 14.7. The molecule has 33 heavy (non-hydrogen) atoms. The van der Waals surface area contributed by atoms with E-state index in [1.807, 2.05) is 18.7 Å². The van der Waals surface area contributed by atoms with Gasteiger partial charge in [-0.2, -0.15) is 0 Å². The number of rotatable bonds is 16. The molecule has 3 N–H and O–H groups in total. The Hall–Kier alpha value is -1.34. The van der Waals surface area contributed by atoms with Crippen LogP contribution in [0, 0.1) is 5.92 Å². The van der Waals surface area contributed by atoms with Crippen molar-refractivity contribution in [2.24, 2.45) is 5.92 Å². The quantitative estimate of drug-likeness (QED) is 0.292. The number of halogens is 2. The van der Waals surface area contributed by atoms with Crippen molar-refractivity contribution in [3.05, 3.63) is 33.8 Å². The fourth-order valence-corrected chi connectivity index (χ4v) is 4.19. The minimum absolute atomic E-state index is 0.0756. The van der Waals surface area contributed by atoms with Gasteiger partial charge in [-0.25, -0.2) is 0 Å². The minimum atomic E-state index is -0.777. The lowest BCUT2D eigenvalue weighted by Gasteiger charge is -2.25. The average molecular weight is 503 g/mol. The summed E-state index contributed by atoms with van der Waals surface area (Å²) in [5.74, 6) is 0.467. The Bertz CT molecular complexity index is 711. The highest BCUT2D eigenvalue weighted by molar-refractivity contribution is 6.34. The maximum absolute atomic E-state index is 12.6. The predicted molar refractivity (Wildman–Crippen MR) is 137 cm³/mol. The summed E-state index contributed by atoms with van der Waals surface area (Å²) in [4.78, 5) is 26.7. The third kappa shape index (κ3) is 12.6. The van der Waals surface area contributed by atoms with Crippen LogP contribution in [0.15, 0.2) is 18.2 Å². The SMILES string of the molecule is CCCN(CC)C(=O)CCCC(=O)N[C@@H](Cc1cc(Cl)cc(Cl)c1)[C@H](O)CNCCC(C)C. The van der Waals surface area contributed by atoms with Crippen LogP contribution in [-0.2, 0) is 16.0 Å². The maximum Gasteiger partial charge on any atom is 0.222 e. The van der Waals surface area contributed by atoms with Crippen LogP contribution >= 0.6 is 23.2 Å². The fourth-order valence-electron chi connectivity index (χ4n) is 3.62. The molecule has 0 aliphatic carbocycles. The van der Waals surface area contributed by atoms with Crippen LogP contribution in [0.2, 0.25) is 10.0 Å². The molecule has 0 aliphatic heterocycles. The van der Waals surface area contributed by atoms with Gasteiger partial charge >= 0.3 is 0 Å². The largest absolute Gasteiger partial charge is 0.390 e. The molecule has 188 valence electrons. The molecule has 0 spiro atoms. The van der Waals surface area contributed by atoms with Crippen molar-refractivity contribution in [1.29, 1.82) is 0 Å².